The zero-order valence-corrected chi connectivity index (χ0v) is 16.3. The summed E-state index contributed by atoms with van der Waals surface area (Å²) >= 11 is 6.19. The molecule has 0 N–H and O–H groups in total. The second kappa shape index (κ2) is 6.98. The molecule has 0 aliphatic carbocycles. The summed E-state index contributed by atoms with van der Waals surface area (Å²) in [6, 6.07) is 0.410. The van der Waals surface area contributed by atoms with Gasteiger partial charge in [0, 0.05) is 18.2 Å². The van der Waals surface area contributed by atoms with Crippen LogP contribution in [0, 0.1) is 0 Å². The van der Waals surface area contributed by atoms with Crippen LogP contribution < -0.4 is 4.90 Å². The van der Waals surface area contributed by atoms with E-state index in [9.17, 15) is 4.79 Å². The minimum atomic E-state index is -0.517. The number of amides is 1. The van der Waals surface area contributed by atoms with Crippen molar-refractivity contribution in [2.45, 2.75) is 78.1 Å². The highest BCUT2D eigenvalue weighted by Gasteiger charge is 2.33. The quantitative estimate of drug-likeness (QED) is 0.699. The highest BCUT2D eigenvalue weighted by Crippen LogP contribution is 2.33. The van der Waals surface area contributed by atoms with Crippen LogP contribution in [-0.4, -0.2) is 39.1 Å². The van der Waals surface area contributed by atoms with Gasteiger partial charge in [0.1, 0.15) is 11.4 Å². The van der Waals surface area contributed by atoms with Crippen molar-refractivity contribution in [3.05, 3.63) is 16.5 Å². The Morgan fingerprint density at radius 2 is 1.96 bits per heavy atom. The molecule has 25 heavy (non-hydrogen) atoms. The summed E-state index contributed by atoms with van der Waals surface area (Å²) in [5, 5.41) is 0.247. The molecule has 1 saturated heterocycles. The molecule has 2 aliphatic rings. The largest absolute Gasteiger partial charge is 0.444 e. The van der Waals surface area contributed by atoms with Crippen LogP contribution >= 0.6 is 11.6 Å². The number of carbonyl (C=O) groups excluding carboxylic acids is 1. The van der Waals surface area contributed by atoms with E-state index in [1.807, 2.05) is 20.8 Å². The molecule has 0 bridgehead atoms. The zero-order valence-electron chi connectivity index (χ0n) is 15.5. The van der Waals surface area contributed by atoms with E-state index < -0.39 is 5.60 Å². The normalized spacial score (nSPS) is 21.1. The lowest BCUT2D eigenvalue weighted by atomic mass is 10.1. The first-order valence-electron chi connectivity index (χ1n) is 9.04. The van der Waals surface area contributed by atoms with E-state index in [1.54, 1.807) is 4.90 Å². The molecule has 7 heteroatoms. The summed E-state index contributed by atoms with van der Waals surface area (Å²) in [6.07, 6.45) is 4.45. The van der Waals surface area contributed by atoms with Crippen LogP contribution in [0.5, 0.6) is 0 Å². The maximum Gasteiger partial charge on any atom is 0.410 e. The summed E-state index contributed by atoms with van der Waals surface area (Å²) in [6.45, 7) is 9.70. The molecule has 1 aromatic rings. The van der Waals surface area contributed by atoms with Gasteiger partial charge in [0.05, 0.1) is 18.8 Å². The number of hydrogen-bond donors (Lipinski definition) is 0. The third-order valence-electron chi connectivity index (χ3n) is 4.71. The molecule has 0 spiro atoms. The van der Waals surface area contributed by atoms with Crippen molar-refractivity contribution in [2.75, 3.05) is 11.4 Å². The van der Waals surface area contributed by atoms with E-state index in [2.05, 4.69) is 21.8 Å². The average molecular weight is 367 g/mol. The predicted octanol–water partition coefficient (Wildman–Crippen LogP) is 4.15. The van der Waals surface area contributed by atoms with Crippen molar-refractivity contribution in [3.8, 4) is 0 Å². The van der Waals surface area contributed by atoms with Crippen LogP contribution in [0.15, 0.2) is 0 Å². The Morgan fingerprint density at radius 3 is 2.68 bits per heavy atom. The lowest BCUT2D eigenvalue weighted by Crippen LogP contribution is -2.35. The Bertz CT molecular complexity index is 659. The number of anilines is 1. The Labute approximate surface area is 154 Å². The van der Waals surface area contributed by atoms with Crippen molar-refractivity contribution < 1.29 is 9.53 Å². The third-order valence-corrected chi connectivity index (χ3v) is 4.88. The highest BCUT2D eigenvalue weighted by molar-refractivity contribution is 6.28. The Hall–Kier alpha value is -1.56. The van der Waals surface area contributed by atoms with Crippen LogP contribution in [0.4, 0.5) is 10.6 Å². The minimum Gasteiger partial charge on any atom is -0.444 e. The molecule has 0 radical (unpaired) electrons. The summed E-state index contributed by atoms with van der Waals surface area (Å²) < 4.78 is 5.50. The van der Waals surface area contributed by atoms with E-state index in [0.717, 1.165) is 36.5 Å². The second-order valence-corrected chi connectivity index (χ2v) is 8.31. The van der Waals surface area contributed by atoms with Gasteiger partial charge in [-0.3, -0.25) is 4.90 Å². The van der Waals surface area contributed by atoms with Crippen molar-refractivity contribution in [2.24, 2.45) is 0 Å². The summed E-state index contributed by atoms with van der Waals surface area (Å²) in [5.74, 6) is 0.885. The number of nitrogens with zero attached hydrogens (tertiary/aromatic N) is 4. The molecular formula is C18H27ClN4O2. The summed E-state index contributed by atoms with van der Waals surface area (Å²) in [4.78, 5) is 25.3. The first kappa shape index (κ1) is 18.2. The fourth-order valence-corrected chi connectivity index (χ4v) is 3.67. The monoisotopic (exact) mass is 366 g/mol. The van der Waals surface area contributed by atoms with Gasteiger partial charge >= 0.3 is 6.09 Å². The van der Waals surface area contributed by atoms with E-state index in [0.29, 0.717) is 19.1 Å². The summed E-state index contributed by atoms with van der Waals surface area (Å²) in [7, 11) is 0. The molecular weight excluding hydrogens is 340 g/mol. The van der Waals surface area contributed by atoms with Gasteiger partial charge in [0.25, 0.3) is 0 Å². The molecule has 1 amide bonds. The average Bonchev–Trinajstić information content (AvgIpc) is 2.81. The number of rotatable bonds is 1. The molecule has 1 aromatic heterocycles. The molecule has 3 heterocycles. The second-order valence-electron chi connectivity index (χ2n) is 7.97. The Morgan fingerprint density at radius 1 is 1.20 bits per heavy atom. The molecule has 0 unspecified atom stereocenters. The summed E-state index contributed by atoms with van der Waals surface area (Å²) in [5.41, 5.74) is 1.32. The van der Waals surface area contributed by atoms with Crippen molar-refractivity contribution >= 4 is 23.5 Å². The van der Waals surface area contributed by atoms with Crippen molar-refractivity contribution in [1.82, 2.24) is 14.9 Å². The Kier molecular flexibility index (Phi) is 5.09. The first-order valence-corrected chi connectivity index (χ1v) is 9.42. The van der Waals surface area contributed by atoms with Gasteiger partial charge < -0.3 is 9.64 Å². The molecule has 0 aromatic carbocycles. The van der Waals surface area contributed by atoms with Gasteiger partial charge in [-0.25, -0.2) is 14.8 Å². The topological polar surface area (TPSA) is 58.6 Å². The lowest BCUT2D eigenvalue weighted by molar-refractivity contribution is 0.0241. The number of ether oxygens (including phenoxy) is 1. The van der Waals surface area contributed by atoms with Gasteiger partial charge in [-0.05, 0) is 52.1 Å². The molecule has 6 nitrogen and oxygen atoms in total. The fourth-order valence-electron chi connectivity index (χ4n) is 3.49. The molecule has 138 valence electrons. The van der Waals surface area contributed by atoms with Crippen LogP contribution in [0.2, 0.25) is 5.28 Å². The van der Waals surface area contributed by atoms with Crippen LogP contribution in [0.1, 0.15) is 64.6 Å². The highest BCUT2D eigenvalue weighted by atomic mass is 35.5. The van der Waals surface area contributed by atoms with Gasteiger partial charge in [0.15, 0.2) is 0 Å². The third kappa shape index (κ3) is 4.17. The SMILES string of the molecule is C[C@@H]1CCCCCN1c1nc(Cl)nc2c1CN(C(=O)OC(C)(C)C)C2. The predicted molar refractivity (Wildman–Crippen MR) is 97.8 cm³/mol. The minimum absolute atomic E-state index is 0.247. The van der Waals surface area contributed by atoms with Gasteiger partial charge in [0.2, 0.25) is 5.28 Å². The first-order chi connectivity index (χ1) is 11.7. The molecule has 3 rings (SSSR count). The Balaban J connectivity index is 1.87. The molecule has 2 aliphatic heterocycles. The molecule has 1 fully saturated rings. The number of hydrogen-bond acceptors (Lipinski definition) is 5. The van der Waals surface area contributed by atoms with E-state index in [4.69, 9.17) is 16.3 Å². The van der Waals surface area contributed by atoms with Gasteiger partial charge in [-0.15, -0.1) is 0 Å². The maximum absolute atomic E-state index is 12.4. The van der Waals surface area contributed by atoms with E-state index in [-0.39, 0.29) is 11.4 Å². The van der Waals surface area contributed by atoms with Gasteiger partial charge in [-0.2, -0.15) is 0 Å². The molecule has 1 atom stereocenters. The van der Waals surface area contributed by atoms with Crippen LogP contribution in [-0.2, 0) is 17.8 Å². The number of aromatic nitrogens is 2. The smallest absolute Gasteiger partial charge is 0.410 e. The van der Waals surface area contributed by atoms with Crippen molar-refractivity contribution in [1.29, 1.82) is 0 Å². The molecule has 0 saturated carbocycles. The van der Waals surface area contributed by atoms with Crippen LogP contribution in [0.3, 0.4) is 0 Å². The number of halogens is 1. The van der Waals surface area contributed by atoms with Crippen molar-refractivity contribution in [3.63, 3.8) is 0 Å². The number of fused-ring (bicyclic) bond motifs is 1. The van der Waals surface area contributed by atoms with Gasteiger partial charge in [-0.1, -0.05) is 12.8 Å². The fraction of sp³-hybridized carbons (Fsp3) is 0.722. The van der Waals surface area contributed by atoms with Crippen LogP contribution in [0.25, 0.3) is 0 Å². The zero-order chi connectivity index (χ0) is 18.2. The number of carbonyl (C=O) groups is 1. The van der Waals surface area contributed by atoms with E-state index in [1.165, 1.54) is 12.8 Å². The standard InChI is InChI=1S/C18H27ClN4O2/c1-12-8-6-5-7-9-23(12)15-13-10-22(17(24)25-18(2,3)4)11-14(13)20-16(19)21-15/h12H,5-11H2,1-4H3/t12-/m1/s1. The maximum atomic E-state index is 12.4. The lowest BCUT2D eigenvalue weighted by Gasteiger charge is -2.30. The van der Waals surface area contributed by atoms with E-state index >= 15 is 0 Å².